The summed E-state index contributed by atoms with van der Waals surface area (Å²) in [6, 6.07) is 14.5. The summed E-state index contributed by atoms with van der Waals surface area (Å²) >= 11 is 0. The number of hydrogen-bond acceptors (Lipinski definition) is 5. The van der Waals surface area contributed by atoms with Crippen LogP contribution in [0.5, 0.6) is 0 Å². The van der Waals surface area contributed by atoms with Gasteiger partial charge in [-0.25, -0.2) is 0 Å². The van der Waals surface area contributed by atoms with Gasteiger partial charge in [-0.3, -0.25) is 4.79 Å². The minimum atomic E-state index is -0.255. The van der Waals surface area contributed by atoms with E-state index in [0.717, 1.165) is 16.7 Å². The fourth-order valence-electron chi connectivity index (χ4n) is 2.20. The molecular weight excluding hydrogens is 316 g/mol. The number of benzene rings is 2. The average molecular weight is 330 g/mol. The first-order valence-electron chi connectivity index (χ1n) is 7.52. The van der Waals surface area contributed by atoms with Crippen molar-refractivity contribution in [3.05, 3.63) is 71.6 Å². The normalized spacial score (nSPS) is 10.6. The van der Waals surface area contributed by atoms with Crippen LogP contribution in [-0.2, 0) is 4.79 Å². The zero-order valence-corrected chi connectivity index (χ0v) is 13.4. The van der Waals surface area contributed by atoms with Gasteiger partial charge >= 0.3 is 0 Å². The third kappa shape index (κ3) is 3.98. The van der Waals surface area contributed by atoms with E-state index in [2.05, 4.69) is 21.6 Å². The molecule has 1 amide bonds. The molecule has 1 heterocycles. The summed E-state index contributed by atoms with van der Waals surface area (Å²) in [5.41, 5.74) is 3.74. The number of rotatable bonds is 4. The van der Waals surface area contributed by atoms with Crippen molar-refractivity contribution < 1.29 is 9.21 Å². The molecule has 3 rings (SSSR count). The van der Waals surface area contributed by atoms with Gasteiger partial charge in [-0.05, 0) is 48.4 Å². The van der Waals surface area contributed by atoms with E-state index in [1.807, 2.05) is 19.1 Å². The lowest BCUT2D eigenvalue weighted by Crippen LogP contribution is -2.09. The fourth-order valence-corrected chi connectivity index (χ4v) is 2.20. The van der Waals surface area contributed by atoms with Crippen molar-refractivity contribution in [1.82, 2.24) is 10.2 Å². The average Bonchev–Trinajstić information content (AvgIpc) is 3.17. The van der Waals surface area contributed by atoms with Crippen LogP contribution in [0.15, 0.2) is 59.4 Å². The molecule has 1 N–H and O–H groups in total. The number of carbonyl (C=O) groups excluding carboxylic acids is 1. The number of nitriles is 1. The standard InChI is InChI=1S/C19H14N4O2/c1-13-2-8-16(19-23-21-12-25-19)10-17(13)22-18(24)9-7-14-3-5-15(11-20)6-4-14/h2-10,12H,1H3,(H,22,24)/b9-7+. The topological polar surface area (TPSA) is 91.8 Å². The van der Waals surface area contributed by atoms with Gasteiger partial charge in [0.15, 0.2) is 0 Å². The van der Waals surface area contributed by atoms with Gasteiger partial charge in [0, 0.05) is 17.3 Å². The monoisotopic (exact) mass is 330 g/mol. The number of nitrogens with one attached hydrogen (secondary N) is 1. The van der Waals surface area contributed by atoms with E-state index >= 15 is 0 Å². The number of anilines is 1. The zero-order valence-electron chi connectivity index (χ0n) is 13.4. The molecule has 0 aliphatic carbocycles. The molecule has 1 aromatic heterocycles. The van der Waals surface area contributed by atoms with Gasteiger partial charge in [0.05, 0.1) is 11.6 Å². The predicted molar refractivity (Wildman–Crippen MR) is 93.3 cm³/mol. The molecule has 6 heteroatoms. The summed E-state index contributed by atoms with van der Waals surface area (Å²) in [6.07, 6.45) is 4.39. The van der Waals surface area contributed by atoms with E-state index < -0.39 is 0 Å². The van der Waals surface area contributed by atoms with Crippen molar-refractivity contribution in [2.24, 2.45) is 0 Å². The molecule has 0 atom stereocenters. The lowest BCUT2D eigenvalue weighted by molar-refractivity contribution is -0.111. The first-order chi connectivity index (χ1) is 12.2. The van der Waals surface area contributed by atoms with Crippen molar-refractivity contribution >= 4 is 17.7 Å². The van der Waals surface area contributed by atoms with E-state index in [1.54, 1.807) is 36.4 Å². The molecule has 3 aromatic rings. The highest BCUT2D eigenvalue weighted by Crippen LogP contribution is 2.23. The summed E-state index contributed by atoms with van der Waals surface area (Å²) in [4.78, 5) is 12.2. The van der Waals surface area contributed by atoms with Gasteiger partial charge in [-0.15, -0.1) is 10.2 Å². The lowest BCUT2D eigenvalue weighted by atomic mass is 10.1. The first kappa shape index (κ1) is 16.1. The number of hydrogen-bond donors (Lipinski definition) is 1. The maximum Gasteiger partial charge on any atom is 0.248 e. The van der Waals surface area contributed by atoms with Crippen LogP contribution in [0.3, 0.4) is 0 Å². The summed E-state index contributed by atoms with van der Waals surface area (Å²) in [6.45, 7) is 1.90. The molecule has 0 saturated carbocycles. The molecule has 0 bridgehead atoms. The Bertz CT molecular complexity index is 952. The van der Waals surface area contributed by atoms with Crippen molar-refractivity contribution in [2.45, 2.75) is 6.92 Å². The van der Waals surface area contributed by atoms with E-state index in [-0.39, 0.29) is 5.91 Å². The lowest BCUT2D eigenvalue weighted by Gasteiger charge is -2.07. The van der Waals surface area contributed by atoms with Gasteiger partial charge < -0.3 is 9.73 Å². The Labute approximate surface area is 144 Å². The molecule has 0 aliphatic heterocycles. The van der Waals surface area contributed by atoms with Crippen molar-refractivity contribution in [1.29, 1.82) is 5.26 Å². The van der Waals surface area contributed by atoms with E-state index in [4.69, 9.17) is 9.68 Å². The first-order valence-corrected chi connectivity index (χ1v) is 7.52. The van der Waals surface area contributed by atoms with Gasteiger partial charge in [0.2, 0.25) is 18.2 Å². The Morgan fingerprint density at radius 2 is 2.04 bits per heavy atom. The summed E-state index contributed by atoms with van der Waals surface area (Å²) in [5.74, 6) is 0.138. The summed E-state index contributed by atoms with van der Waals surface area (Å²) in [5, 5.41) is 19.1. The molecule has 0 saturated heterocycles. The van der Waals surface area contributed by atoms with Gasteiger partial charge in [-0.2, -0.15) is 5.26 Å². The van der Waals surface area contributed by atoms with E-state index in [1.165, 1.54) is 12.5 Å². The smallest absolute Gasteiger partial charge is 0.248 e. The second-order valence-corrected chi connectivity index (χ2v) is 5.33. The van der Waals surface area contributed by atoms with E-state index in [9.17, 15) is 4.79 Å². The highest BCUT2D eigenvalue weighted by Gasteiger charge is 2.08. The number of nitrogens with zero attached hydrogens (tertiary/aromatic N) is 3. The number of amides is 1. The quantitative estimate of drug-likeness (QED) is 0.738. The van der Waals surface area contributed by atoms with Gasteiger partial charge in [0.25, 0.3) is 0 Å². The third-order valence-corrected chi connectivity index (χ3v) is 3.57. The van der Waals surface area contributed by atoms with Crippen molar-refractivity contribution in [3.8, 4) is 17.5 Å². The summed E-state index contributed by atoms with van der Waals surface area (Å²) in [7, 11) is 0. The Kier molecular flexibility index (Phi) is 4.67. The third-order valence-electron chi connectivity index (χ3n) is 3.57. The highest BCUT2D eigenvalue weighted by molar-refractivity contribution is 6.02. The Morgan fingerprint density at radius 3 is 2.72 bits per heavy atom. The number of aryl methyl sites for hydroxylation is 1. The van der Waals surface area contributed by atoms with Crippen LogP contribution in [0.25, 0.3) is 17.5 Å². The maximum atomic E-state index is 12.2. The molecular formula is C19H14N4O2. The molecule has 0 spiro atoms. The molecule has 2 aromatic carbocycles. The second-order valence-electron chi connectivity index (χ2n) is 5.33. The van der Waals surface area contributed by atoms with Crippen LogP contribution in [0, 0.1) is 18.3 Å². The van der Waals surface area contributed by atoms with Crippen LogP contribution in [0.2, 0.25) is 0 Å². The highest BCUT2D eigenvalue weighted by atomic mass is 16.4. The zero-order chi connectivity index (χ0) is 17.6. The van der Waals surface area contributed by atoms with Crippen LogP contribution >= 0.6 is 0 Å². The van der Waals surface area contributed by atoms with Crippen molar-refractivity contribution in [3.63, 3.8) is 0 Å². The molecule has 0 unspecified atom stereocenters. The van der Waals surface area contributed by atoms with Crippen molar-refractivity contribution in [2.75, 3.05) is 5.32 Å². The van der Waals surface area contributed by atoms with Gasteiger partial charge in [0.1, 0.15) is 0 Å². The molecule has 25 heavy (non-hydrogen) atoms. The predicted octanol–water partition coefficient (Wildman–Crippen LogP) is 3.57. The fraction of sp³-hybridized carbons (Fsp3) is 0.0526. The van der Waals surface area contributed by atoms with Crippen LogP contribution in [0.4, 0.5) is 5.69 Å². The Hall–Kier alpha value is -3.72. The van der Waals surface area contributed by atoms with Crippen LogP contribution in [-0.4, -0.2) is 16.1 Å². The van der Waals surface area contributed by atoms with Crippen LogP contribution in [0.1, 0.15) is 16.7 Å². The number of aromatic nitrogens is 2. The second kappa shape index (κ2) is 7.23. The minimum Gasteiger partial charge on any atom is -0.423 e. The Balaban J connectivity index is 1.73. The van der Waals surface area contributed by atoms with Crippen LogP contribution < -0.4 is 5.32 Å². The Morgan fingerprint density at radius 1 is 1.24 bits per heavy atom. The molecule has 0 fully saturated rings. The minimum absolute atomic E-state index is 0.255. The summed E-state index contributed by atoms with van der Waals surface area (Å²) < 4.78 is 5.17. The number of carbonyl (C=O) groups is 1. The van der Waals surface area contributed by atoms with E-state index in [0.29, 0.717) is 17.1 Å². The molecule has 122 valence electrons. The molecule has 6 nitrogen and oxygen atoms in total. The van der Waals surface area contributed by atoms with Gasteiger partial charge in [-0.1, -0.05) is 18.2 Å². The SMILES string of the molecule is Cc1ccc(-c2nnco2)cc1NC(=O)/C=C/c1ccc(C#N)cc1. The largest absolute Gasteiger partial charge is 0.423 e. The molecule has 0 aliphatic rings. The molecule has 0 radical (unpaired) electrons. The maximum absolute atomic E-state index is 12.2.